The summed E-state index contributed by atoms with van der Waals surface area (Å²) in [6.45, 7) is 2.05. The lowest BCUT2D eigenvalue weighted by atomic mass is 10.2. The maximum Gasteiger partial charge on any atom is 0.178 e. The van der Waals surface area contributed by atoms with Crippen LogP contribution in [0.2, 0.25) is 0 Å². The van der Waals surface area contributed by atoms with Crippen molar-refractivity contribution >= 4 is 9.84 Å². The highest BCUT2D eigenvalue weighted by Crippen LogP contribution is 2.12. The first-order valence-corrected chi connectivity index (χ1v) is 7.16. The minimum Gasteiger partial charge on any atom is -0.317 e. The molecule has 0 aliphatic rings. The summed E-state index contributed by atoms with van der Waals surface area (Å²) in [4.78, 5) is 0.423. The topological polar surface area (TPSA) is 46.2 Å². The van der Waals surface area contributed by atoms with Gasteiger partial charge in [0.1, 0.15) is 0 Å². The van der Waals surface area contributed by atoms with Gasteiger partial charge in [0.25, 0.3) is 0 Å². The first kappa shape index (κ1) is 13.2. The zero-order valence-corrected chi connectivity index (χ0v) is 10.6. The van der Waals surface area contributed by atoms with Gasteiger partial charge in [-0.25, -0.2) is 8.42 Å². The summed E-state index contributed by atoms with van der Waals surface area (Å²) >= 11 is 0. The SMILES string of the molecule is CNC(C)CCCS(=O)(=O)c1ccccc1. The molecule has 0 bridgehead atoms. The van der Waals surface area contributed by atoms with Crippen molar-refractivity contribution in [2.45, 2.75) is 30.7 Å². The molecule has 0 aliphatic carbocycles. The molecule has 0 saturated carbocycles. The Kier molecular flexibility index (Phi) is 4.96. The first-order chi connectivity index (χ1) is 7.56. The molecule has 0 spiro atoms. The molecule has 3 nitrogen and oxygen atoms in total. The van der Waals surface area contributed by atoms with Gasteiger partial charge in [-0.05, 0) is 38.9 Å². The summed E-state index contributed by atoms with van der Waals surface area (Å²) in [5.74, 6) is 0.225. The second-order valence-corrected chi connectivity index (χ2v) is 6.07. The van der Waals surface area contributed by atoms with Crippen LogP contribution in [0.5, 0.6) is 0 Å². The molecule has 16 heavy (non-hydrogen) atoms. The van der Waals surface area contributed by atoms with Crippen LogP contribution in [-0.2, 0) is 9.84 Å². The van der Waals surface area contributed by atoms with E-state index in [1.165, 1.54) is 0 Å². The van der Waals surface area contributed by atoms with E-state index in [9.17, 15) is 8.42 Å². The summed E-state index contributed by atoms with van der Waals surface area (Å²) < 4.78 is 23.8. The van der Waals surface area contributed by atoms with E-state index in [2.05, 4.69) is 12.2 Å². The molecule has 1 N–H and O–H groups in total. The Morgan fingerprint density at radius 2 is 1.88 bits per heavy atom. The highest BCUT2D eigenvalue weighted by atomic mass is 32.2. The van der Waals surface area contributed by atoms with Crippen LogP contribution in [0.1, 0.15) is 19.8 Å². The van der Waals surface area contributed by atoms with Gasteiger partial charge in [0.05, 0.1) is 10.6 Å². The second-order valence-electron chi connectivity index (χ2n) is 3.96. The minimum atomic E-state index is -3.09. The average molecular weight is 241 g/mol. The van der Waals surface area contributed by atoms with Crippen molar-refractivity contribution in [2.75, 3.05) is 12.8 Å². The number of sulfone groups is 1. The molecule has 0 aromatic heterocycles. The third-order valence-electron chi connectivity index (χ3n) is 2.65. The van der Waals surface area contributed by atoms with Gasteiger partial charge in [0.2, 0.25) is 0 Å². The van der Waals surface area contributed by atoms with Crippen LogP contribution in [-0.4, -0.2) is 27.3 Å². The molecule has 0 saturated heterocycles. The molecule has 90 valence electrons. The van der Waals surface area contributed by atoms with Crippen molar-refractivity contribution in [3.05, 3.63) is 30.3 Å². The summed E-state index contributed by atoms with van der Waals surface area (Å²) in [5.41, 5.74) is 0. The van der Waals surface area contributed by atoms with E-state index in [1.807, 2.05) is 13.1 Å². The normalized spacial score (nSPS) is 13.6. The summed E-state index contributed by atoms with van der Waals surface area (Å²) in [6.07, 6.45) is 1.57. The summed E-state index contributed by atoms with van der Waals surface area (Å²) in [7, 11) is -1.21. The molecular weight excluding hydrogens is 222 g/mol. The Hall–Kier alpha value is -0.870. The summed E-state index contributed by atoms with van der Waals surface area (Å²) in [5, 5.41) is 3.10. The van der Waals surface area contributed by atoms with Crippen LogP contribution in [0.3, 0.4) is 0 Å². The van der Waals surface area contributed by atoms with E-state index in [4.69, 9.17) is 0 Å². The van der Waals surface area contributed by atoms with Crippen LogP contribution in [0, 0.1) is 0 Å². The van der Waals surface area contributed by atoms with E-state index in [0.29, 0.717) is 17.4 Å². The lowest BCUT2D eigenvalue weighted by Gasteiger charge is -2.09. The second kappa shape index (κ2) is 6.01. The quantitative estimate of drug-likeness (QED) is 0.826. The van der Waals surface area contributed by atoms with Crippen LogP contribution < -0.4 is 5.32 Å². The lowest BCUT2D eigenvalue weighted by molar-refractivity contribution is 0.548. The van der Waals surface area contributed by atoms with Crippen molar-refractivity contribution in [1.29, 1.82) is 0 Å². The minimum absolute atomic E-state index is 0.225. The Morgan fingerprint density at radius 1 is 1.25 bits per heavy atom. The highest BCUT2D eigenvalue weighted by molar-refractivity contribution is 7.91. The van der Waals surface area contributed by atoms with Gasteiger partial charge >= 0.3 is 0 Å². The summed E-state index contributed by atoms with van der Waals surface area (Å²) in [6, 6.07) is 8.99. The zero-order chi connectivity index (χ0) is 12.0. The third-order valence-corrected chi connectivity index (χ3v) is 4.46. The van der Waals surface area contributed by atoms with Crippen LogP contribution in [0.15, 0.2) is 35.2 Å². The molecular formula is C12H19NO2S. The molecule has 1 rings (SSSR count). The Bertz CT molecular complexity index is 400. The Morgan fingerprint density at radius 3 is 2.44 bits per heavy atom. The standard InChI is InChI=1S/C12H19NO2S/c1-11(13-2)7-6-10-16(14,15)12-8-4-3-5-9-12/h3-5,8-9,11,13H,6-7,10H2,1-2H3. The lowest BCUT2D eigenvalue weighted by Crippen LogP contribution is -2.22. The molecule has 0 amide bonds. The van der Waals surface area contributed by atoms with Gasteiger partial charge in [0, 0.05) is 6.04 Å². The third kappa shape index (κ3) is 3.94. The van der Waals surface area contributed by atoms with Gasteiger partial charge in [-0.2, -0.15) is 0 Å². The molecule has 0 fully saturated rings. The number of hydrogen-bond acceptors (Lipinski definition) is 3. The Balaban J connectivity index is 2.54. The first-order valence-electron chi connectivity index (χ1n) is 5.51. The van der Waals surface area contributed by atoms with Gasteiger partial charge in [-0.15, -0.1) is 0 Å². The predicted octanol–water partition coefficient (Wildman–Crippen LogP) is 1.85. The van der Waals surface area contributed by atoms with Gasteiger partial charge < -0.3 is 5.32 Å². The van der Waals surface area contributed by atoms with Gasteiger partial charge in [-0.3, -0.25) is 0 Å². The maximum absolute atomic E-state index is 11.9. The molecule has 0 heterocycles. The fraction of sp³-hybridized carbons (Fsp3) is 0.500. The van der Waals surface area contributed by atoms with E-state index >= 15 is 0 Å². The number of hydrogen-bond donors (Lipinski definition) is 1. The van der Waals surface area contributed by atoms with Crippen LogP contribution in [0.25, 0.3) is 0 Å². The average Bonchev–Trinajstić information content (AvgIpc) is 2.30. The van der Waals surface area contributed by atoms with Crippen molar-refractivity contribution in [3.63, 3.8) is 0 Å². The Labute approximate surface area is 97.8 Å². The van der Waals surface area contributed by atoms with Gasteiger partial charge in [0.15, 0.2) is 9.84 Å². The molecule has 1 aromatic rings. The van der Waals surface area contributed by atoms with Crippen molar-refractivity contribution in [3.8, 4) is 0 Å². The predicted molar refractivity (Wildman–Crippen MR) is 66.3 cm³/mol. The monoisotopic (exact) mass is 241 g/mol. The van der Waals surface area contributed by atoms with E-state index < -0.39 is 9.84 Å². The van der Waals surface area contributed by atoms with E-state index in [-0.39, 0.29) is 5.75 Å². The maximum atomic E-state index is 11.9. The smallest absolute Gasteiger partial charge is 0.178 e. The number of nitrogens with one attached hydrogen (secondary N) is 1. The van der Waals surface area contributed by atoms with Crippen LogP contribution >= 0.6 is 0 Å². The van der Waals surface area contributed by atoms with Crippen LogP contribution in [0.4, 0.5) is 0 Å². The molecule has 4 heteroatoms. The molecule has 1 aromatic carbocycles. The molecule has 0 radical (unpaired) electrons. The van der Waals surface area contributed by atoms with Crippen molar-refractivity contribution < 1.29 is 8.42 Å². The number of benzene rings is 1. The zero-order valence-electron chi connectivity index (χ0n) is 9.81. The van der Waals surface area contributed by atoms with E-state index in [1.54, 1.807) is 24.3 Å². The largest absolute Gasteiger partial charge is 0.317 e. The number of rotatable bonds is 6. The molecule has 1 unspecified atom stereocenters. The molecule has 1 atom stereocenters. The fourth-order valence-corrected chi connectivity index (χ4v) is 2.82. The van der Waals surface area contributed by atoms with Crippen molar-refractivity contribution in [2.24, 2.45) is 0 Å². The van der Waals surface area contributed by atoms with E-state index in [0.717, 1.165) is 6.42 Å². The molecule has 0 aliphatic heterocycles. The van der Waals surface area contributed by atoms with Gasteiger partial charge in [-0.1, -0.05) is 18.2 Å². The van der Waals surface area contributed by atoms with Crippen molar-refractivity contribution in [1.82, 2.24) is 5.32 Å². The highest BCUT2D eigenvalue weighted by Gasteiger charge is 2.13. The fourth-order valence-electron chi connectivity index (χ4n) is 1.47.